The van der Waals surface area contributed by atoms with E-state index in [1.54, 1.807) is 20.8 Å². The van der Waals surface area contributed by atoms with E-state index >= 15 is 0 Å². The van der Waals surface area contributed by atoms with E-state index in [1.807, 2.05) is 0 Å². The second kappa shape index (κ2) is 7.32. The van der Waals surface area contributed by atoms with Crippen LogP contribution in [-0.4, -0.2) is 43.8 Å². The molecule has 0 aromatic carbocycles. The first-order chi connectivity index (χ1) is 8.94. The molecule has 6 nitrogen and oxygen atoms in total. The van der Waals surface area contributed by atoms with E-state index in [4.69, 9.17) is 4.74 Å². The van der Waals surface area contributed by atoms with Crippen molar-refractivity contribution in [1.29, 1.82) is 0 Å². The molecular formula is C11H18F3NO5. The van der Waals surface area contributed by atoms with Gasteiger partial charge in [0.25, 0.3) is 0 Å². The zero-order chi connectivity index (χ0) is 16.0. The Morgan fingerprint density at radius 1 is 1.20 bits per heavy atom. The largest absolute Gasteiger partial charge is 0.522 e. The molecule has 0 saturated heterocycles. The Balaban J connectivity index is 4.43. The predicted molar refractivity (Wildman–Crippen MR) is 61.8 cm³/mol. The third-order valence-corrected chi connectivity index (χ3v) is 1.85. The van der Waals surface area contributed by atoms with Crippen molar-refractivity contribution >= 4 is 12.1 Å². The molecule has 118 valence electrons. The summed E-state index contributed by atoms with van der Waals surface area (Å²) in [5.74, 6) is -0.887. The van der Waals surface area contributed by atoms with Crippen molar-refractivity contribution in [2.24, 2.45) is 0 Å². The third kappa shape index (κ3) is 9.42. The summed E-state index contributed by atoms with van der Waals surface area (Å²) in [5, 5.41) is 2.13. The van der Waals surface area contributed by atoms with Gasteiger partial charge in [0.05, 0.1) is 13.7 Å². The highest BCUT2D eigenvalue weighted by atomic mass is 19.4. The van der Waals surface area contributed by atoms with E-state index in [-0.39, 0.29) is 0 Å². The highest BCUT2D eigenvalue weighted by Gasteiger charge is 2.31. The maximum atomic E-state index is 11.8. The average molecular weight is 301 g/mol. The van der Waals surface area contributed by atoms with Crippen molar-refractivity contribution in [3.8, 4) is 0 Å². The summed E-state index contributed by atoms with van der Waals surface area (Å²) in [6.07, 6.45) is -6.13. The maximum absolute atomic E-state index is 11.8. The molecule has 0 aliphatic rings. The summed E-state index contributed by atoms with van der Waals surface area (Å²) in [4.78, 5) is 22.8. The molecule has 9 heteroatoms. The van der Waals surface area contributed by atoms with Crippen LogP contribution in [0.3, 0.4) is 0 Å². The van der Waals surface area contributed by atoms with Crippen molar-refractivity contribution in [2.45, 2.75) is 45.2 Å². The van der Waals surface area contributed by atoms with Crippen LogP contribution < -0.4 is 5.32 Å². The number of nitrogens with one attached hydrogen (secondary N) is 1. The molecule has 0 aromatic rings. The number of ether oxygens (including phenoxy) is 3. The van der Waals surface area contributed by atoms with Gasteiger partial charge in [-0.25, -0.2) is 9.59 Å². The molecule has 1 unspecified atom stereocenters. The number of carbonyl (C=O) groups is 2. The lowest BCUT2D eigenvalue weighted by Gasteiger charge is -2.22. The molecule has 0 aromatic heterocycles. The van der Waals surface area contributed by atoms with Crippen LogP contribution >= 0.6 is 0 Å². The Morgan fingerprint density at radius 2 is 1.75 bits per heavy atom. The van der Waals surface area contributed by atoms with Crippen LogP contribution in [-0.2, 0) is 19.0 Å². The van der Waals surface area contributed by atoms with Gasteiger partial charge in [-0.15, -0.1) is 13.2 Å². The zero-order valence-electron chi connectivity index (χ0n) is 11.7. The van der Waals surface area contributed by atoms with Crippen LogP contribution in [0, 0.1) is 0 Å². The van der Waals surface area contributed by atoms with Crippen LogP contribution in [0.25, 0.3) is 0 Å². The predicted octanol–water partition coefficient (Wildman–Crippen LogP) is 1.98. The summed E-state index contributed by atoms with van der Waals surface area (Å²) >= 11 is 0. The smallest absolute Gasteiger partial charge is 0.467 e. The van der Waals surface area contributed by atoms with Crippen LogP contribution in [0.4, 0.5) is 18.0 Å². The van der Waals surface area contributed by atoms with Gasteiger partial charge >= 0.3 is 18.4 Å². The summed E-state index contributed by atoms with van der Waals surface area (Å²) < 4.78 is 48.3. The van der Waals surface area contributed by atoms with Gasteiger partial charge in [0.2, 0.25) is 0 Å². The molecule has 0 spiro atoms. The lowest BCUT2D eigenvalue weighted by molar-refractivity contribution is -0.324. The highest BCUT2D eigenvalue weighted by Crippen LogP contribution is 2.16. The molecule has 0 bridgehead atoms. The second-order valence-corrected chi connectivity index (χ2v) is 4.80. The molecule has 0 fully saturated rings. The van der Waals surface area contributed by atoms with Gasteiger partial charge in [0.15, 0.2) is 0 Å². The van der Waals surface area contributed by atoms with Crippen LogP contribution in [0.2, 0.25) is 0 Å². The van der Waals surface area contributed by atoms with Gasteiger partial charge in [-0.3, -0.25) is 4.74 Å². The van der Waals surface area contributed by atoms with Crippen molar-refractivity contribution in [2.75, 3.05) is 13.7 Å². The molecule has 1 atom stereocenters. The molecule has 0 heterocycles. The third-order valence-electron chi connectivity index (χ3n) is 1.85. The highest BCUT2D eigenvalue weighted by molar-refractivity contribution is 5.81. The number of alkyl halides is 3. The topological polar surface area (TPSA) is 73.9 Å². The van der Waals surface area contributed by atoms with Crippen molar-refractivity contribution < 1.29 is 37.0 Å². The van der Waals surface area contributed by atoms with Crippen molar-refractivity contribution in [3.63, 3.8) is 0 Å². The normalized spacial score (nSPS) is 13.6. The minimum Gasteiger partial charge on any atom is -0.467 e. The fraction of sp³-hybridized carbons (Fsp3) is 0.818. The molecule has 1 amide bonds. The van der Waals surface area contributed by atoms with Crippen LogP contribution in [0.5, 0.6) is 0 Å². The van der Waals surface area contributed by atoms with Gasteiger partial charge in [-0.05, 0) is 20.8 Å². The number of hydrogen-bond donors (Lipinski definition) is 1. The number of esters is 1. The lowest BCUT2D eigenvalue weighted by Crippen LogP contribution is -2.44. The number of hydrogen-bond acceptors (Lipinski definition) is 5. The SMILES string of the molecule is COC(=O)C(CCOC(F)(F)F)NC(=O)OC(C)(C)C. The van der Waals surface area contributed by atoms with E-state index in [0.29, 0.717) is 0 Å². The number of alkyl carbamates (subject to hydrolysis) is 1. The van der Waals surface area contributed by atoms with Gasteiger partial charge < -0.3 is 14.8 Å². The first-order valence-corrected chi connectivity index (χ1v) is 5.72. The Morgan fingerprint density at radius 3 is 2.15 bits per heavy atom. The fourth-order valence-electron chi connectivity index (χ4n) is 1.13. The van der Waals surface area contributed by atoms with Gasteiger partial charge in [0, 0.05) is 6.42 Å². The Hall–Kier alpha value is -1.51. The van der Waals surface area contributed by atoms with E-state index in [1.165, 1.54) is 0 Å². The molecule has 0 aliphatic heterocycles. The van der Waals surface area contributed by atoms with E-state index in [9.17, 15) is 22.8 Å². The van der Waals surface area contributed by atoms with Crippen LogP contribution in [0.15, 0.2) is 0 Å². The number of amides is 1. The first kappa shape index (κ1) is 18.5. The summed E-state index contributed by atoms with van der Waals surface area (Å²) in [5.41, 5.74) is -0.798. The number of carbonyl (C=O) groups excluding carboxylic acids is 2. The second-order valence-electron chi connectivity index (χ2n) is 4.80. The Bertz CT molecular complexity index is 338. The summed E-state index contributed by atoms with van der Waals surface area (Å²) in [6, 6.07) is -1.28. The van der Waals surface area contributed by atoms with Gasteiger partial charge in [-0.1, -0.05) is 0 Å². The molecular weight excluding hydrogens is 283 g/mol. The Kier molecular flexibility index (Phi) is 6.77. The quantitative estimate of drug-likeness (QED) is 0.786. The molecule has 1 N–H and O–H groups in total. The maximum Gasteiger partial charge on any atom is 0.522 e. The average Bonchev–Trinajstić information content (AvgIpc) is 2.22. The number of rotatable bonds is 5. The summed E-state index contributed by atoms with van der Waals surface area (Å²) in [7, 11) is 1.05. The molecule has 0 aliphatic carbocycles. The standard InChI is InChI=1S/C11H18F3NO5/c1-10(2,3)20-9(17)15-7(8(16)18-4)5-6-19-11(12,13)14/h7H,5-6H2,1-4H3,(H,15,17). The van der Waals surface area contributed by atoms with Crippen LogP contribution in [0.1, 0.15) is 27.2 Å². The minimum atomic E-state index is -4.80. The van der Waals surface area contributed by atoms with Crippen molar-refractivity contribution in [3.05, 3.63) is 0 Å². The zero-order valence-corrected chi connectivity index (χ0v) is 11.7. The molecule has 0 saturated carbocycles. The lowest BCUT2D eigenvalue weighted by atomic mass is 10.2. The van der Waals surface area contributed by atoms with Gasteiger partial charge in [0.1, 0.15) is 11.6 Å². The molecule has 0 radical (unpaired) electrons. The Labute approximate surface area is 114 Å². The van der Waals surface area contributed by atoms with Crippen molar-refractivity contribution in [1.82, 2.24) is 5.32 Å². The van der Waals surface area contributed by atoms with E-state index < -0.39 is 43.1 Å². The first-order valence-electron chi connectivity index (χ1n) is 5.72. The number of methoxy groups -OCH3 is 1. The monoisotopic (exact) mass is 301 g/mol. The summed E-state index contributed by atoms with van der Waals surface area (Å²) in [6.45, 7) is 4.02. The molecule has 0 rings (SSSR count). The molecule has 20 heavy (non-hydrogen) atoms. The van der Waals surface area contributed by atoms with Gasteiger partial charge in [-0.2, -0.15) is 0 Å². The number of halogens is 3. The fourth-order valence-corrected chi connectivity index (χ4v) is 1.13. The van der Waals surface area contributed by atoms with E-state index in [0.717, 1.165) is 7.11 Å². The van der Waals surface area contributed by atoms with E-state index in [2.05, 4.69) is 14.8 Å². The minimum absolute atomic E-state index is 0.397.